The summed E-state index contributed by atoms with van der Waals surface area (Å²) in [4.78, 5) is 3.64. The largest absolute Gasteiger partial charge is 0.355 e. The molecule has 4 heteroatoms. The van der Waals surface area contributed by atoms with E-state index in [1.165, 1.54) is 0 Å². The number of isothiocyanates is 1. The van der Waals surface area contributed by atoms with Gasteiger partial charge in [-0.2, -0.15) is 4.99 Å². The van der Waals surface area contributed by atoms with Gasteiger partial charge in [-0.3, -0.25) is 0 Å². The van der Waals surface area contributed by atoms with Gasteiger partial charge in [0.15, 0.2) is 6.23 Å². The highest BCUT2D eigenvalue weighted by Gasteiger charge is 2.00. The molecule has 0 aromatic rings. The van der Waals surface area contributed by atoms with Crippen molar-refractivity contribution in [1.82, 2.24) is 0 Å². The summed E-state index contributed by atoms with van der Waals surface area (Å²) < 4.78 is 5.00. The molecule has 0 rings (SSSR count). The van der Waals surface area contributed by atoms with Crippen molar-refractivity contribution in [2.75, 3.05) is 12.5 Å². The summed E-state index contributed by atoms with van der Waals surface area (Å²) in [5.74, 6) is 0.331. The molecule has 0 aromatic heterocycles. The van der Waals surface area contributed by atoms with Crippen molar-refractivity contribution in [3.63, 3.8) is 0 Å². The van der Waals surface area contributed by atoms with E-state index in [0.717, 1.165) is 0 Å². The average molecular weight is 166 g/mol. The lowest BCUT2D eigenvalue weighted by Crippen LogP contribution is -2.10. The van der Waals surface area contributed by atoms with Crippen molar-refractivity contribution in [3.8, 4) is 0 Å². The summed E-state index contributed by atoms with van der Waals surface area (Å²) in [5.41, 5.74) is 0. The van der Waals surface area contributed by atoms with Gasteiger partial charge in [0.2, 0.25) is 0 Å². The first-order valence-corrected chi connectivity index (χ1v) is 3.54. The monoisotopic (exact) mass is 165 g/mol. The number of halogens is 1. The summed E-state index contributed by atoms with van der Waals surface area (Å²) in [6.45, 7) is 2.47. The Morgan fingerprint density at radius 2 is 2.56 bits per heavy atom. The lowest BCUT2D eigenvalue weighted by Gasteiger charge is -2.04. The fourth-order valence-electron chi connectivity index (χ4n) is 0.367. The molecule has 0 fully saturated rings. The van der Waals surface area contributed by atoms with Gasteiger partial charge in [0, 0.05) is 6.61 Å². The molecule has 52 valence electrons. The second kappa shape index (κ2) is 6.17. The maximum absolute atomic E-state index is 5.42. The Balaban J connectivity index is 3.53. The minimum absolute atomic E-state index is 0.311. The van der Waals surface area contributed by atoms with Gasteiger partial charge in [0.25, 0.3) is 0 Å². The highest BCUT2D eigenvalue weighted by molar-refractivity contribution is 7.78. The van der Waals surface area contributed by atoms with E-state index in [9.17, 15) is 0 Å². The molecule has 0 saturated heterocycles. The average Bonchev–Trinajstić information content (AvgIpc) is 1.88. The SMILES string of the molecule is CCOC(CCl)N=C=S. The zero-order chi connectivity index (χ0) is 7.11. The van der Waals surface area contributed by atoms with E-state index in [2.05, 4.69) is 22.4 Å². The standard InChI is InChI=1S/C5H8ClNOS/c1-2-8-5(3-6)7-4-9/h5H,2-3H2,1H3. The van der Waals surface area contributed by atoms with Crippen LogP contribution in [0.25, 0.3) is 0 Å². The van der Waals surface area contributed by atoms with Gasteiger partial charge in [-0.25, -0.2) is 0 Å². The number of alkyl halides is 1. The molecular weight excluding hydrogens is 158 g/mol. The number of hydrogen-bond donors (Lipinski definition) is 0. The van der Waals surface area contributed by atoms with Crippen LogP contribution in [0.15, 0.2) is 4.99 Å². The van der Waals surface area contributed by atoms with Crippen LogP contribution in [-0.2, 0) is 4.74 Å². The van der Waals surface area contributed by atoms with Crippen LogP contribution < -0.4 is 0 Å². The second-order valence-electron chi connectivity index (χ2n) is 1.28. The Hall–Kier alpha value is 0.0500. The third kappa shape index (κ3) is 4.55. The zero-order valence-corrected chi connectivity index (χ0v) is 6.71. The van der Waals surface area contributed by atoms with Crippen molar-refractivity contribution in [2.45, 2.75) is 13.2 Å². The second-order valence-corrected chi connectivity index (χ2v) is 1.78. The topological polar surface area (TPSA) is 21.6 Å². The molecule has 0 heterocycles. The van der Waals surface area contributed by atoms with Crippen molar-refractivity contribution in [2.24, 2.45) is 4.99 Å². The van der Waals surface area contributed by atoms with Crippen LogP contribution >= 0.6 is 23.8 Å². The van der Waals surface area contributed by atoms with Crippen LogP contribution in [0.4, 0.5) is 0 Å². The third-order valence-electron chi connectivity index (χ3n) is 0.688. The van der Waals surface area contributed by atoms with Crippen molar-refractivity contribution < 1.29 is 4.74 Å². The van der Waals surface area contributed by atoms with E-state index < -0.39 is 0 Å². The van der Waals surface area contributed by atoms with Crippen molar-refractivity contribution in [3.05, 3.63) is 0 Å². The van der Waals surface area contributed by atoms with Crippen molar-refractivity contribution >= 4 is 29.0 Å². The minimum atomic E-state index is -0.311. The zero-order valence-electron chi connectivity index (χ0n) is 5.13. The van der Waals surface area contributed by atoms with Gasteiger partial charge in [-0.15, -0.1) is 11.6 Å². The molecule has 1 unspecified atom stereocenters. The van der Waals surface area contributed by atoms with Crippen LogP contribution in [0, 0.1) is 0 Å². The first-order valence-electron chi connectivity index (χ1n) is 2.59. The molecule has 0 amide bonds. The Kier molecular flexibility index (Phi) is 6.21. The fraction of sp³-hybridized carbons (Fsp3) is 0.800. The Labute approximate surface area is 64.9 Å². The lowest BCUT2D eigenvalue weighted by atomic mass is 10.7. The molecule has 0 N–H and O–H groups in total. The highest BCUT2D eigenvalue weighted by atomic mass is 35.5. The van der Waals surface area contributed by atoms with E-state index in [0.29, 0.717) is 12.5 Å². The number of ether oxygens (including phenoxy) is 1. The summed E-state index contributed by atoms with van der Waals surface area (Å²) in [7, 11) is 0. The van der Waals surface area contributed by atoms with Gasteiger partial charge in [0.05, 0.1) is 11.0 Å². The number of rotatable bonds is 4. The quantitative estimate of drug-likeness (QED) is 0.359. The van der Waals surface area contributed by atoms with Crippen LogP contribution in [0.2, 0.25) is 0 Å². The molecule has 0 spiro atoms. The summed E-state index contributed by atoms with van der Waals surface area (Å²) in [5, 5.41) is 2.20. The van der Waals surface area contributed by atoms with E-state index in [1.54, 1.807) is 0 Å². The van der Waals surface area contributed by atoms with Crippen LogP contribution in [-0.4, -0.2) is 23.9 Å². The van der Waals surface area contributed by atoms with E-state index >= 15 is 0 Å². The van der Waals surface area contributed by atoms with Crippen LogP contribution in [0.5, 0.6) is 0 Å². The van der Waals surface area contributed by atoms with Crippen molar-refractivity contribution in [1.29, 1.82) is 0 Å². The van der Waals surface area contributed by atoms with Crippen LogP contribution in [0.3, 0.4) is 0 Å². The molecule has 0 aromatic carbocycles. The molecule has 1 atom stereocenters. The Bertz CT molecular complexity index is 114. The molecule has 0 radical (unpaired) electrons. The minimum Gasteiger partial charge on any atom is -0.355 e. The molecule has 0 aliphatic heterocycles. The maximum Gasteiger partial charge on any atom is 0.171 e. The van der Waals surface area contributed by atoms with E-state index in [1.807, 2.05) is 6.92 Å². The molecular formula is C5H8ClNOS. The van der Waals surface area contributed by atoms with Gasteiger partial charge >= 0.3 is 0 Å². The van der Waals surface area contributed by atoms with Gasteiger partial charge in [0.1, 0.15) is 0 Å². The molecule has 2 nitrogen and oxygen atoms in total. The molecule has 0 saturated carbocycles. The summed E-state index contributed by atoms with van der Waals surface area (Å²) in [6.07, 6.45) is -0.311. The Morgan fingerprint density at radius 3 is 2.89 bits per heavy atom. The molecule has 9 heavy (non-hydrogen) atoms. The maximum atomic E-state index is 5.42. The third-order valence-corrected chi connectivity index (χ3v) is 1.06. The molecule has 0 bridgehead atoms. The van der Waals surface area contributed by atoms with Gasteiger partial charge < -0.3 is 4.74 Å². The van der Waals surface area contributed by atoms with Gasteiger partial charge in [-0.05, 0) is 19.1 Å². The first kappa shape index (κ1) is 9.05. The summed E-state index contributed by atoms with van der Waals surface area (Å²) in [6, 6.07) is 0. The van der Waals surface area contributed by atoms with Gasteiger partial charge in [-0.1, -0.05) is 0 Å². The molecule has 0 aliphatic carbocycles. The predicted molar refractivity (Wildman–Crippen MR) is 41.2 cm³/mol. The first-order chi connectivity index (χ1) is 4.35. The smallest absolute Gasteiger partial charge is 0.171 e. The fourth-order valence-corrected chi connectivity index (χ4v) is 0.643. The highest BCUT2D eigenvalue weighted by Crippen LogP contribution is 1.94. The number of hydrogen-bond acceptors (Lipinski definition) is 3. The number of nitrogens with zero attached hydrogens (tertiary/aromatic N) is 1. The predicted octanol–water partition coefficient (Wildman–Crippen LogP) is 1.69. The van der Waals surface area contributed by atoms with E-state index in [-0.39, 0.29) is 6.23 Å². The number of aliphatic imine (C=N–C) groups is 1. The Morgan fingerprint density at radius 1 is 1.89 bits per heavy atom. The lowest BCUT2D eigenvalue weighted by molar-refractivity contribution is 0.0861. The molecule has 0 aliphatic rings. The van der Waals surface area contributed by atoms with Crippen LogP contribution in [0.1, 0.15) is 6.92 Å². The number of thiocarbonyl (C=S) groups is 1. The van der Waals surface area contributed by atoms with E-state index in [4.69, 9.17) is 16.3 Å². The normalized spacial score (nSPS) is 12.2. The summed E-state index contributed by atoms with van der Waals surface area (Å²) >= 11 is 9.77.